The van der Waals surface area contributed by atoms with Gasteiger partial charge >= 0.3 is 6.18 Å². The molecule has 1 aliphatic rings. The largest absolute Gasteiger partial charge is 0.491 e. The maximum absolute atomic E-state index is 12.9. The number of hydrogen-bond acceptors (Lipinski definition) is 4. The molecule has 1 aromatic rings. The lowest BCUT2D eigenvalue weighted by atomic mass is 10.1. The van der Waals surface area contributed by atoms with Crippen LogP contribution in [-0.2, 0) is 15.7 Å². The molecule has 8 heteroatoms. The third-order valence-corrected chi connectivity index (χ3v) is 3.46. The fourth-order valence-electron chi connectivity index (χ4n) is 2.30. The van der Waals surface area contributed by atoms with Crippen LogP contribution in [-0.4, -0.2) is 38.3 Å². The summed E-state index contributed by atoms with van der Waals surface area (Å²) in [5.41, 5.74) is -0.815. The summed E-state index contributed by atoms with van der Waals surface area (Å²) >= 11 is 0. The van der Waals surface area contributed by atoms with E-state index in [4.69, 9.17) is 9.47 Å². The van der Waals surface area contributed by atoms with E-state index in [-0.39, 0.29) is 24.0 Å². The van der Waals surface area contributed by atoms with Gasteiger partial charge in [-0.15, -0.1) is 0 Å². The van der Waals surface area contributed by atoms with Crippen LogP contribution in [0, 0.1) is 0 Å². The first kappa shape index (κ1) is 18.5. The molecule has 2 N–H and O–H groups in total. The van der Waals surface area contributed by atoms with E-state index in [9.17, 15) is 18.0 Å². The van der Waals surface area contributed by atoms with E-state index in [0.29, 0.717) is 26.2 Å². The Balaban J connectivity index is 2.10. The van der Waals surface area contributed by atoms with E-state index in [1.807, 2.05) is 6.92 Å². The molecule has 1 aromatic carbocycles. The highest BCUT2D eigenvalue weighted by atomic mass is 19.4. The molecule has 1 atom stereocenters. The Bertz CT molecular complexity index is 558. The monoisotopic (exact) mass is 346 g/mol. The third-order valence-electron chi connectivity index (χ3n) is 3.46. The Labute approximate surface area is 138 Å². The van der Waals surface area contributed by atoms with E-state index in [1.165, 1.54) is 6.07 Å². The highest BCUT2D eigenvalue weighted by Gasteiger charge is 2.31. The lowest BCUT2D eigenvalue weighted by Crippen LogP contribution is -2.40. The van der Waals surface area contributed by atoms with Gasteiger partial charge in [0, 0.05) is 13.1 Å². The molecule has 0 spiro atoms. The second kappa shape index (κ2) is 8.34. The van der Waals surface area contributed by atoms with Crippen LogP contribution in [0.5, 0.6) is 5.75 Å². The predicted molar refractivity (Wildman–Crippen MR) is 83.1 cm³/mol. The molecule has 1 heterocycles. The second-order valence-electron chi connectivity index (χ2n) is 5.51. The van der Waals surface area contributed by atoms with Crippen LogP contribution in [0.1, 0.15) is 25.3 Å². The fourth-order valence-corrected chi connectivity index (χ4v) is 2.30. The van der Waals surface area contributed by atoms with Gasteiger partial charge in [-0.2, -0.15) is 13.2 Å². The lowest BCUT2D eigenvalue weighted by molar-refractivity contribution is -0.137. The Morgan fingerprint density at radius 1 is 1.46 bits per heavy atom. The van der Waals surface area contributed by atoms with Crippen molar-refractivity contribution in [3.05, 3.63) is 23.8 Å². The second-order valence-corrected chi connectivity index (χ2v) is 5.51. The van der Waals surface area contributed by atoms with Crippen molar-refractivity contribution in [2.45, 2.75) is 32.0 Å². The van der Waals surface area contributed by atoms with Gasteiger partial charge in [0.15, 0.2) is 0 Å². The summed E-state index contributed by atoms with van der Waals surface area (Å²) in [7, 11) is 0. The molecule has 2 rings (SSSR count). The summed E-state index contributed by atoms with van der Waals surface area (Å²) in [5, 5.41) is 5.60. The molecule has 0 saturated carbocycles. The van der Waals surface area contributed by atoms with Crippen LogP contribution in [0.15, 0.2) is 18.2 Å². The quantitative estimate of drug-likeness (QED) is 0.832. The van der Waals surface area contributed by atoms with Crippen molar-refractivity contribution < 1.29 is 27.4 Å². The molecule has 24 heavy (non-hydrogen) atoms. The van der Waals surface area contributed by atoms with Crippen molar-refractivity contribution in [1.82, 2.24) is 5.32 Å². The third kappa shape index (κ3) is 5.38. The summed E-state index contributed by atoms with van der Waals surface area (Å²) in [6.07, 6.45) is -4.00. The number of ether oxygens (including phenoxy) is 2. The van der Waals surface area contributed by atoms with E-state index < -0.39 is 17.6 Å². The molecule has 0 aliphatic carbocycles. The van der Waals surface area contributed by atoms with Crippen molar-refractivity contribution >= 4 is 11.6 Å². The number of nitrogens with one attached hydrogen (secondary N) is 2. The topological polar surface area (TPSA) is 59.6 Å². The van der Waals surface area contributed by atoms with E-state index in [0.717, 1.165) is 18.7 Å². The number of alkyl halides is 3. The van der Waals surface area contributed by atoms with Gasteiger partial charge in [0.2, 0.25) is 5.91 Å². The van der Waals surface area contributed by atoms with Gasteiger partial charge in [-0.25, -0.2) is 0 Å². The van der Waals surface area contributed by atoms with Crippen LogP contribution < -0.4 is 15.4 Å². The summed E-state index contributed by atoms with van der Waals surface area (Å²) in [6.45, 7) is 4.00. The molecule has 0 radical (unpaired) electrons. The number of carbonyl (C=O) groups excluding carboxylic acids is 1. The standard InChI is InChI=1S/C16H21F3N2O3/c1-2-6-24-14-4-3-11(16(17,18)19)8-13(14)21-15(22)9-12-10-20-5-7-23-12/h3-4,8,12,20H,2,5-7,9-10H2,1H3,(H,21,22). The average molecular weight is 346 g/mol. The van der Waals surface area contributed by atoms with Crippen LogP contribution in [0.2, 0.25) is 0 Å². The van der Waals surface area contributed by atoms with Crippen molar-refractivity contribution in [1.29, 1.82) is 0 Å². The minimum Gasteiger partial charge on any atom is -0.491 e. The number of benzene rings is 1. The number of amides is 1. The first-order chi connectivity index (χ1) is 11.4. The van der Waals surface area contributed by atoms with Gasteiger partial charge in [-0.3, -0.25) is 4.79 Å². The number of rotatable bonds is 6. The van der Waals surface area contributed by atoms with E-state index >= 15 is 0 Å². The predicted octanol–water partition coefficient (Wildman–Crippen LogP) is 2.81. The Hall–Kier alpha value is -1.80. The van der Waals surface area contributed by atoms with E-state index in [2.05, 4.69) is 10.6 Å². The normalized spacial score (nSPS) is 18.2. The van der Waals surface area contributed by atoms with Crippen molar-refractivity contribution in [3.63, 3.8) is 0 Å². The van der Waals surface area contributed by atoms with Crippen LogP contribution in [0.25, 0.3) is 0 Å². The average Bonchev–Trinajstić information content (AvgIpc) is 2.53. The van der Waals surface area contributed by atoms with Crippen molar-refractivity contribution in [3.8, 4) is 5.75 Å². The highest BCUT2D eigenvalue weighted by molar-refractivity contribution is 5.92. The Morgan fingerprint density at radius 3 is 2.88 bits per heavy atom. The number of carbonyl (C=O) groups is 1. The van der Waals surface area contributed by atoms with Crippen LogP contribution in [0.4, 0.5) is 18.9 Å². The molecule has 5 nitrogen and oxygen atoms in total. The smallest absolute Gasteiger partial charge is 0.416 e. The molecule has 0 aromatic heterocycles. The summed E-state index contributed by atoms with van der Waals surface area (Å²) in [6, 6.07) is 3.06. The molecular weight excluding hydrogens is 325 g/mol. The minimum absolute atomic E-state index is 0.0204. The Kier molecular flexibility index (Phi) is 6.44. The molecule has 1 fully saturated rings. The molecule has 1 amide bonds. The highest BCUT2D eigenvalue weighted by Crippen LogP contribution is 2.35. The first-order valence-electron chi connectivity index (χ1n) is 7.86. The lowest BCUT2D eigenvalue weighted by Gasteiger charge is -2.23. The van der Waals surface area contributed by atoms with Crippen molar-refractivity contribution in [2.75, 3.05) is 31.6 Å². The van der Waals surface area contributed by atoms with Gasteiger partial charge in [-0.1, -0.05) is 6.92 Å². The Morgan fingerprint density at radius 2 is 2.25 bits per heavy atom. The summed E-state index contributed by atoms with van der Waals surface area (Å²) in [4.78, 5) is 12.1. The number of halogens is 3. The number of hydrogen-bond donors (Lipinski definition) is 2. The van der Waals surface area contributed by atoms with Gasteiger partial charge in [-0.05, 0) is 24.6 Å². The zero-order chi connectivity index (χ0) is 17.6. The number of anilines is 1. The summed E-state index contributed by atoms with van der Waals surface area (Å²) in [5.74, 6) is -0.190. The minimum atomic E-state index is -4.49. The zero-order valence-corrected chi connectivity index (χ0v) is 13.4. The maximum Gasteiger partial charge on any atom is 0.416 e. The van der Waals surface area contributed by atoms with Gasteiger partial charge in [0.05, 0.1) is 37.0 Å². The first-order valence-corrected chi connectivity index (χ1v) is 7.86. The number of morpholine rings is 1. The molecule has 134 valence electrons. The molecular formula is C16H21F3N2O3. The SMILES string of the molecule is CCCOc1ccc(C(F)(F)F)cc1NC(=O)CC1CNCCO1. The fraction of sp³-hybridized carbons (Fsp3) is 0.562. The van der Waals surface area contributed by atoms with Gasteiger partial charge in [0.1, 0.15) is 5.75 Å². The molecule has 1 saturated heterocycles. The van der Waals surface area contributed by atoms with Gasteiger partial charge < -0.3 is 20.1 Å². The molecule has 1 unspecified atom stereocenters. The van der Waals surface area contributed by atoms with E-state index in [1.54, 1.807) is 0 Å². The maximum atomic E-state index is 12.9. The van der Waals surface area contributed by atoms with Crippen molar-refractivity contribution in [2.24, 2.45) is 0 Å². The zero-order valence-electron chi connectivity index (χ0n) is 13.4. The van der Waals surface area contributed by atoms with Gasteiger partial charge in [0.25, 0.3) is 0 Å². The molecule has 1 aliphatic heterocycles. The van der Waals surface area contributed by atoms with Crippen LogP contribution >= 0.6 is 0 Å². The summed E-state index contributed by atoms with van der Waals surface area (Å²) < 4.78 is 49.5. The van der Waals surface area contributed by atoms with Crippen LogP contribution in [0.3, 0.4) is 0 Å². The molecule has 0 bridgehead atoms.